The molecular formula is C18H20FN3O2. The third kappa shape index (κ3) is 2.81. The van der Waals surface area contributed by atoms with Crippen LogP contribution in [0.5, 0.6) is 0 Å². The van der Waals surface area contributed by atoms with E-state index in [1.54, 1.807) is 12.1 Å². The van der Waals surface area contributed by atoms with Crippen LogP contribution in [-0.4, -0.2) is 27.5 Å². The summed E-state index contributed by atoms with van der Waals surface area (Å²) >= 11 is 0. The third-order valence-corrected chi connectivity index (χ3v) is 5.02. The zero-order valence-corrected chi connectivity index (χ0v) is 13.6. The number of carbonyl (C=O) groups is 1. The Bertz CT molecular complexity index is 760. The van der Waals surface area contributed by atoms with Gasteiger partial charge < -0.3 is 9.42 Å². The quantitative estimate of drug-likeness (QED) is 0.863. The van der Waals surface area contributed by atoms with Gasteiger partial charge in [0.1, 0.15) is 11.9 Å². The second-order valence-corrected chi connectivity index (χ2v) is 6.83. The summed E-state index contributed by atoms with van der Waals surface area (Å²) in [6, 6.07) is 5.96. The van der Waals surface area contributed by atoms with Gasteiger partial charge in [-0.15, -0.1) is 0 Å². The van der Waals surface area contributed by atoms with E-state index in [0.29, 0.717) is 23.2 Å². The second kappa shape index (κ2) is 6.00. The number of hydrogen-bond donors (Lipinski definition) is 0. The van der Waals surface area contributed by atoms with E-state index < -0.39 is 0 Å². The lowest BCUT2D eigenvalue weighted by Crippen LogP contribution is -2.39. The Hall–Kier alpha value is -2.24. The summed E-state index contributed by atoms with van der Waals surface area (Å²) in [7, 11) is 0. The Kier molecular flexibility index (Phi) is 3.82. The molecule has 126 valence electrons. The first-order valence-electron chi connectivity index (χ1n) is 8.53. The number of rotatable bonds is 3. The average Bonchev–Trinajstić information content (AvgIpc) is 3.12. The molecule has 2 heterocycles. The topological polar surface area (TPSA) is 59.2 Å². The SMILES string of the molecule is CC1CC1C(=O)N1CCCCC1c1nc(-c2cccc(F)c2)no1. The van der Waals surface area contributed by atoms with Crippen molar-refractivity contribution in [3.05, 3.63) is 36.0 Å². The standard InChI is InChI=1S/C18H20FN3O2/c1-11-9-14(11)18(23)22-8-3-2-7-15(22)17-20-16(21-24-17)12-5-4-6-13(19)10-12/h4-6,10-11,14-15H,2-3,7-9H2,1H3. The maximum Gasteiger partial charge on any atom is 0.249 e. The molecule has 3 atom stereocenters. The maximum atomic E-state index is 13.4. The molecule has 0 spiro atoms. The van der Waals surface area contributed by atoms with Crippen LogP contribution in [0.25, 0.3) is 11.4 Å². The van der Waals surface area contributed by atoms with Gasteiger partial charge in [0.2, 0.25) is 17.6 Å². The van der Waals surface area contributed by atoms with Gasteiger partial charge in [-0.2, -0.15) is 4.98 Å². The van der Waals surface area contributed by atoms with Crippen LogP contribution in [0.3, 0.4) is 0 Å². The molecule has 2 aliphatic rings. The molecule has 0 radical (unpaired) electrons. The first kappa shape index (κ1) is 15.3. The normalized spacial score (nSPS) is 26.4. The molecule has 24 heavy (non-hydrogen) atoms. The minimum Gasteiger partial charge on any atom is -0.337 e. The molecule has 1 amide bonds. The van der Waals surface area contributed by atoms with Gasteiger partial charge in [0.05, 0.1) is 0 Å². The molecule has 1 aromatic heterocycles. The van der Waals surface area contributed by atoms with E-state index in [2.05, 4.69) is 17.1 Å². The largest absolute Gasteiger partial charge is 0.337 e. The number of hydrogen-bond acceptors (Lipinski definition) is 4. The molecule has 1 saturated carbocycles. The molecule has 1 aliphatic heterocycles. The Morgan fingerprint density at radius 1 is 1.38 bits per heavy atom. The van der Waals surface area contributed by atoms with E-state index in [-0.39, 0.29) is 23.7 Å². The van der Waals surface area contributed by atoms with Crippen molar-refractivity contribution in [1.29, 1.82) is 0 Å². The summed E-state index contributed by atoms with van der Waals surface area (Å²) in [5.41, 5.74) is 0.578. The van der Waals surface area contributed by atoms with Crippen molar-refractivity contribution in [3.63, 3.8) is 0 Å². The summed E-state index contributed by atoms with van der Waals surface area (Å²) in [6.07, 6.45) is 3.85. The van der Waals surface area contributed by atoms with Crippen LogP contribution in [0.1, 0.15) is 44.5 Å². The van der Waals surface area contributed by atoms with Crippen LogP contribution in [0, 0.1) is 17.7 Å². The van der Waals surface area contributed by atoms with Gasteiger partial charge in [-0.3, -0.25) is 4.79 Å². The molecule has 1 aromatic carbocycles. The highest BCUT2D eigenvalue weighted by Gasteiger charge is 2.44. The van der Waals surface area contributed by atoms with Crippen molar-refractivity contribution in [2.45, 2.75) is 38.6 Å². The number of likely N-dealkylation sites (tertiary alicyclic amines) is 1. The molecule has 5 nitrogen and oxygen atoms in total. The van der Waals surface area contributed by atoms with Crippen LogP contribution in [0.4, 0.5) is 4.39 Å². The first-order chi connectivity index (χ1) is 11.6. The van der Waals surface area contributed by atoms with Crippen LogP contribution < -0.4 is 0 Å². The van der Waals surface area contributed by atoms with Gasteiger partial charge >= 0.3 is 0 Å². The van der Waals surface area contributed by atoms with Crippen LogP contribution in [-0.2, 0) is 4.79 Å². The molecule has 0 bridgehead atoms. The second-order valence-electron chi connectivity index (χ2n) is 6.83. The maximum absolute atomic E-state index is 13.4. The zero-order valence-electron chi connectivity index (χ0n) is 13.6. The Balaban J connectivity index is 1.58. The van der Waals surface area contributed by atoms with E-state index in [4.69, 9.17) is 4.52 Å². The van der Waals surface area contributed by atoms with Crippen molar-refractivity contribution < 1.29 is 13.7 Å². The molecule has 4 rings (SSSR count). The fourth-order valence-corrected chi connectivity index (χ4v) is 3.45. The number of halogens is 1. The average molecular weight is 329 g/mol. The van der Waals surface area contributed by atoms with Crippen molar-refractivity contribution in [2.24, 2.45) is 11.8 Å². The number of nitrogens with zero attached hydrogens (tertiary/aromatic N) is 3. The minimum atomic E-state index is -0.337. The Labute approximate surface area is 139 Å². The molecule has 2 fully saturated rings. The molecule has 6 heteroatoms. The van der Waals surface area contributed by atoms with E-state index in [1.165, 1.54) is 12.1 Å². The summed E-state index contributed by atoms with van der Waals surface area (Å²) in [4.78, 5) is 19.0. The number of amides is 1. The molecule has 1 saturated heterocycles. The fraction of sp³-hybridized carbons (Fsp3) is 0.500. The van der Waals surface area contributed by atoms with Gasteiger partial charge in [0.25, 0.3) is 0 Å². The highest BCUT2D eigenvalue weighted by Crippen LogP contribution is 2.42. The van der Waals surface area contributed by atoms with Crippen molar-refractivity contribution in [1.82, 2.24) is 15.0 Å². The van der Waals surface area contributed by atoms with Gasteiger partial charge in [-0.05, 0) is 43.7 Å². The summed E-state index contributed by atoms with van der Waals surface area (Å²) < 4.78 is 18.8. The lowest BCUT2D eigenvalue weighted by atomic mass is 10.0. The lowest BCUT2D eigenvalue weighted by molar-refractivity contribution is -0.137. The highest BCUT2D eigenvalue weighted by atomic mass is 19.1. The van der Waals surface area contributed by atoms with E-state index in [0.717, 1.165) is 32.2 Å². The third-order valence-electron chi connectivity index (χ3n) is 5.02. The van der Waals surface area contributed by atoms with Gasteiger partial charge in [-0.1, -0.05) is 24.2 Å². The molecule has 2 aromatic rings. The van der Waals surface area contributed by atoms with E-state index >= 15 is 0 Å². The minimum absolute atomic E-state index is 0.149. The van der Waals surface area contributed by atoms with Crippen molar-refractivity contribution in [3.8, 4) is 11.4 Å². The van der Waals surface area contributed by atoms with Crippen LogP contribution in [0.2, 0.25) is 0 Å². The van der Waals surface area contributed by atoms with Gasteiger partial charge in [0.15, 0.2) is 0 Å². The van der Waals surface area contributed by atoms with Gasteiger partial charge in [0, 0.05) is 18.0 Å². The smallest absolute Gasteiger partial charge is 0.249 e. The zero-order chi connectivity index (χ0) is 16.7. The van der Waals surface area contributed by atoms with Crippen LogP contribution >= 0.6 is 0 Å². The predicted molar refractivity (Wildman–Crippen MR) is 85.3 cm³/mol. The summed E-state index contributed by atoms with van der Waals surface area (Å²) in [5, 5.41) is 3.98. The molecular weight excluding hydrogens is 309 g/mol. The number of aromatic nitrogens is 2. The Morgan fingerprint density at radius 3 is 2.96 bits per heavy atom. The van der Waals surface area contributed by atoms with Crippen molar-refractivity contribution in [2.75, 3.05) is 6.54 Å². The van der Waals surface area contributed by atoms with Crippen molar-refractivity contribution >= 4 is 5.91 Å². The van der Waals surface area contributed by atoms with Crippen LogP contribution in [0.15, 0.2) is 28.8 Å². The number of piperidine rings is 1. The fourth-order valence-electron chi connectivity index (χ4n) is 3.45. The Morgan fingerprint density at radius 2 is 2.21 bits per heavy atom. The predicted octanol–water partition coefficient (Wildman–Crippen LogP) is 3.59. The van der Waals surface area contributed by atoms with E-state index in [1.807, 2.05) is 4.90 Å². The lowest BCUT2D eigenvalue weighted by Gasteiger charge is -2.33. The van der Waals surface area contributed by atoms with Gasteiger partial charge in [-0.25, -0.2) is 4.39 Å². The summed E-state index contributed by atoms with van der Waals surface area (Å²) in [6.45, 7) is 2.85. The monoisotopic (exact) mass is 329 g/mol. The number of benzene rings is 1. The molecule has 0 N–H and O–H groups in total. The highest BCUT2D eigenvalue weighted by molar-refractivity contribution is 5.82. The molecule has 3 unspecified atom stereocenters. The van der Waals surface area contributed by atoms with E-state index in [9.17, 15) is 9.18 Å². The number of carbonyl (C=O) groups excluding carboxylic acids is 1. The first-order valence-corrected chi connectivity index (χ1v) is 8.53. The molecule has 1 aliphatic carbocycles. The summed E-state index contributed by atoms with van der Waals surface area (Å²) in [5.74, 6) is 1.31.